The summed E-state index contributed by atoms with van der Waals surface area (Å²) in [4.78, 5) is 21.6. The van der Waals surface area contributed by atoms with E-state index in [4.69, 9.17) is 4.74 Å². The number of carbonyl (C=O) groups excluding carboxylic acids is 1. The van der Waals surface area contributed by atoms with Crippen LogP contribution in [0, 0.1) is 0 Å². The average molecular weight is 301 g/mol. The molecule has 0 N–H and O–H groups in total. The third-order valence-corrected chi connectivity index (χ3v) is 4.13. The number of benzene rings is 1. The standard InChI is InChI=1S/C15H15N3O2S/c1-3-14-17-12-5-4-10(15(19)20-2)6-13(12)18(14)8-11-7-16-9-21-11/h4-7,9H,3,8H2,1-2H3. The second-order valence-corrected chi connectivity index (χ2v) is 5.60. The number of hydrogen-bond donors (Lipinski definition) is 0. The summed E-state index contributed by atoms with van der Waals surface area (Å²) in [7, 11) is 1.39. The quantitative estimate of drug-likeness (QED) is 0.695. The molecule has 0 aliphatic carbocycles. The van der Waals surface area contributed by atoms with E-state index in [1.165, 1.54) is 7.11 Å². The fraction of sp³-hybridized carbons (Fsp3) is 0.267. The van der Waals surface area contributed by atoms with E-state index in [1.807, 2.05) is 23.8 Å². The van der Waals surface area contributed by atoms with Gasteiger partial charge in [-0.2, -0.15) is 0 Å². The third kappa shape index (κ3) is 2.54. The minimum absolute atomic E-state index is 0.333. The van der Waals surface area contributed by atoms with E-state index < -0.39 is 0 Å². The molecule has 21 heavy (non-hydrogen) atoms. The first-order valence-corrected chi connectivity index (χ1v) is 7.55. The van der Waals surface area contributed by atoms with Crippen molar-refractivity contribution in [2.45, 2.75) is 19.9 Å². The number of carbonyl (C=O) groups is 1. The number of thiazole rings is 1. The van der Waals surface area contributed by atoms with Crippen molar-refractivity contribution >= 4 is 28.3 Å². The molecular weight excluding hydrogens is 286 g/mol. The van der Waals surface area contributed by atoms with E-state index in [2.05, 4.69) is 21.5 Å². The van der Waals surface area contributed by atoms with Crippen LogP contribution in [0.1, 0.15) is 28.0 Å². The van der Waals surface area contributed by atoms with Crippen LogP contribution >= 0.6 is 11.3 Å². The predicted octanol–water partition coefficient (Wildman–Crippen LogP) is 2.89. The molecule has 2 aromatic heterocycles. The van der Waals surface area contributed by atoms with Gasteiger partial charge in [-0.15, -0.1) is 11.3 Å². The first-order chi connectivity index (χ1) is 10.2. The Kier molecular flexibility index (Phi) is 3.70. The number of methoxy groups -OCH3 is 1. The minimum atomic E-state index is -0.333. The molecule has 0 saturated carbocycles. The molecular formula is C15H15N3O2S. The van der Waals surface area contributed by atoms with Crippen molar-refractivity contribution in [3.63, 3.8) is 0 Å². The van der Waals surface area contributed by atoms with Crippen molar-refractivity contribution < 1.29 is 9.53 Å². The third-order valence-electron chi connectivity index (χ3n) is 3.36. The maximum Gasteiger partial charge on any atom is 0.337 e. The summed E-state index contributed by atoms with van der Waals surface area (Å²) in [5.41, 5.74) is 4.20. The fourth-order valence-corrected chi connectivity index (χ4v) is 2.92. The Balaban J connectivity index is 2.12. The molecule has 6 heteroatoms. The van der Waals surface area contributed by atoms with Gasteiger partial charge in [0.1, 0.15) is 5.82 Å². The van der Waals surface area contributed by atoms with Crippen molar-refractivity contribution in [3.8, 4) is 0 Å². The summed E-state index contributed by atoms with van der Waals surface area (Å²) in [6.07, 6.45) is 2.70. The van der Waals surface area contributed by atoms with Crippen LogP contribution in [-0.2, 0) is 17.7 Å². The number of rotatable bonds is 4. The Morgan fingerprint density at radius 1 is 1.43 bits per heavy atom. The van der Waals surface area contributed by atoms with Gasteiger partial charge in [0.05, 0.1) is 35.8 Å². The van der Waals surface area contributed by atoms with E-state index >= 15 is 0 Å². The van der Waals surface area contributed by atoms with Gasteiger partial charge >= 0.3 is 5.97 Å². The van der Waals surface area contributed by atoms with Crippen molar-refractivity contribution in [3.05, 3.63) is 46.2 Å². The molecule has 0 aliphatic rings. The summed E-state index contributed by atoms with van der Waals surface area (Å²) >= 11 is 1.61. The molecule has 0 spiro atoms. The van der Waals surface area contributed by atoms with E-state index in [0.29, 0.717) is 5.56 Å². The number of hydrogen-bond acceptors (Lipinski definition) is 5. The highest BCUT2D eigenvalue weighted by Gasteiger charge is 2.13. The van der Waals surface area contributed by atoms with Crippen LogP contribution in [0.15, 0.2) is 29.9 Å². The van der Waals surface area contributed by atoms with Crippen molar-refractivity contribution in [1.82, 2.24) is 14.5 Å². The normalized spacial score (nSPS) is 11.0. The summed E-state index contributed by atoms with van der Waals surface area (Å²) < 4.78 is 6.92. The van der Waals surface area contributed by atoms with Gasteiger partial charge in [0, 0.05) is 17.5 Å². The van der Waals surface area contributed by atoms with E-state index in [1.54, 1.807) is 17.4 Å². The number of nitrogens with zero attached hydrogens (tertiary/aromatic N) is 3. The summed E-state index contributed by atoms with van der Waals surface area (Å²) in [6.45, 7) is 2.79. The van der Waals surface area contributed by atoms with Crippen molar-refractivity contribution in [2.75, 3.05) is 7.11 Å². The lowest BCUT2D eigenvalue weighted by molar-refractivity contribution is 0.0601. The Hall–Kier alpha value is -2.21. The SMILES string of the molecule is CCc1nc2ccc(C(=O)OC)cc2n1Cc1cncs1. The molecule has 108 valence electrons. The molecule has 0 amide bonds. The number of aromatic nitrogens is 3. The van der Waals surface area contributed by atoms with E-state index in [-0.39, 0.29) is 5.97 Å². The van der Waals surface area contributed by atoms with Crippen LogP contribution < -0.4 is 0 Å². The van der Waals surface area contributed by atoms with Gasteiger partial charge in [0.2, 0.25) is 0 Å². The largest absolute Gasteiger partial charge is 0.465 e. The van der Waals surface area contributed by atoms with Gasteiger partial charge in [-0.05, 0) is 18.2 Å². The van der Waals surface area contributed by atoms with E-state index in [0.717, 1.165) is 34.7 Å². The zero-order chi connectivity index (χ0) is 14.8. The highest BCUT2D eigenvalue weighted by atomic mass is 32.1. The molecule has 1 aromatic carbocycles. The van der Waals surface area contributed by atoms with Crippen LogP contribution in [0.3, 0.4) is 0 Å². The zero-order valence-electron chi connectivity index (χ0n) is 11.9. The molecule has 0 saturated heterocycles. The second-order valence-electron chi connectivity index (χ2n) is 4.63. The van der Waals surface area contributed by atoms with Gasteiger partial charge < -0.3 is 9.30 Å². The molecule has 0 unspecified atom stereocenters. The Morgan fingerprint density at radius 2 is 2.29 bits per heavy atom. The first-order valence-electron chi connectivity index (χ1n) is 6.67. The summed E-state index contributed by atoms with van der Waals surface area (Å²) in [6, 6.07) is 5.45. The highest BCUT2D eigenvalue weighted by Crippen LogP contribution is 2.21. The molecule has 3 aromatic rings. The van der Waals surface area contributed by atoms with Gasteiger partial charge in [-0.25, -0.2) is 9.78 Å². The highest BCUT2D eigenvalue weighted by molar-refractivity contribution is 7.09. The van der Waals surface area contributed by atoms with Gasteiger partial charge in [0.15, 0.2) is 0 Å². The fourth-order valence-electron chi connectivity index (χ4n) is 2.34. The Bertz CT molecular complexity index is 778. The molecule has 0 radical (unpaired) electrons. The maximum absolute atomic E-state index is 11.7. The molecule has 0 aliphatic heterocycles. The molecule has 0 fully saturated rings. The van der Waals surface area contributed by atoms with Crippen LogP contribution in [0.2, 0.25) is 0 Å². The molecule has 3 rings (SSSR count). The van der Waals surface area contributed by atoms with Gasteiger partial charge in [-0.3, -0.25) is 4.98 Å². The molecule has 0 atom stereocenters. The number of fused-ring (bicyclic) bond motifs is 1. The number of imidazole rings is 1. The minimum Gasteiger partial charge on any atom is -0.465 e. The smallest absolute Gasteiger partial charge is 0.337 e. The van der Waals surface area contributed by atoms with Crippen LogP contribution in [0.5, 0.6) is 0 Å². The molecule has 2 heterocycles. The summed E-state index contributed by atoms with van der Waals surface area (Å²) in [5, 5.41) is 0. The number of ether oxygens (including phenoxy) is 1. The zero-order valence-corrected chi connectivity index (χ0v) is 12.7. The number of aryl methyl sites for hydroxylation is 1. The van der Waals surface area contributed by atoms with Crippen molar-refractivity contribution in [2.24, 2.45) is 0 Å². The van der Waals surface area contributed by atoms with Gasteiger partial charge in [-0.1, -0.05) is 6.92 Å². The predicted molar refractivity (Wildman–Crippen MR) is 81.7 cm³/mol. The second kappa shape index (κ2) is 5.65. The lowest BCUT2D eigenvalue weighted by Gasteiger charge is -2.07. The van der Waals surface area contributed by atoms with E-state index in [9.17, 15) is 4.79 Å². The number of esters is 1. The van der Waals surface area contributed by atoms with Gasteiger partial charge in [0.25, 0.3) is 0 Å². The monoisotopic (exact) mass is 301 g/mol. The first kappa shape index (κ1) is 13.8. The Labute approximate surface area is 126 Å². The topological polar surface area (TPSA) is 57.0 Å². The van der Waals surface area contributed by atoms with Crippen LogP contribution in [-0.4, -0.2) is 27.6 Å². The van der Waals surface area contributed by atoms with Crippen LogP contribution in [0.4, 0.5) is 0 Å². The Morgan fingerprint density at radius 3 is 2.95 bits per heavy atom. The lowest BCUT2D eigenvalue weighted by Crippen LogP contribution is -2.05. The average Bonchev–Trinajstić information content (AvgIpc) is 3.14. The molecule has 0 bridgehead atoms. The maximum atomic E-state index is 11.7. The summed E-state index contributed by atoms with van der Waals surface area (Å²) in [5.74, 6) is 0.668. The van der Waals surface area contributed by atoms with Crippen molar-refractivity contribution in [1.29, 1.82) is 0 Å². The van der Waals surface area contributed by atoms with Crippen LogP contribution in [0.25, 0.3) is 11.0 Å². The lowest BCUT2D eigenvalue weighted by atomic mass is 10.2. The molecule has 5 nitrogen and oxygen atoms in total.